The minimum atomic E-state index is -1.27. The largest absolute Gasteiger partial charge is 0.494 e. The number of ether oxygens (including phenoxy) is 3. The molecule has 2 unspecified atom stereocenters. The zero-order valence-corrected chi connectivity index (χ0v) is 19.9. The Bertz CT molecular complexity index is 1240. The maximum absolute atomic E-state index is 13.6. The minimum absolute atomic E-state index is 0.248. The number of carbonyl (C=O) groups excluding carboxylic acids is 3. The van der Waals surface area contributed by atoms with Crippen LogP contribution in [0.4, 0.5) is 5.13 Å². The number of hydrogen-bond acceptors (Lipinski definition) is 9. The molecular weight excluding hydrogens is 458 g/mol. The van der Waals surface area contributed by atoms with Crippen molar-refractivity contribution >= 4 is 33.9 Å². The Balaban J connectivity index is 1.82. The number of amides is 1. The van der Waals surface area contributed by atoms with E-state index >= 15 is 0 Å². The molecule has 2 heterocycles. The van der Waals surface area contributed by atoms with Gasteiger partial charge in [-0.3, -0.25) is 19.3 Å². The van der Waals surface area contributed by atoms with Crippen molar-refractivity contribution in [3.63, 3.8) is 0 Å². The monoisotopic (exact) mass is 481 g/mol. The van der Waals surface area contributed by atoms with E-state index in [1.165, 1.54) is 30.5 Å². The van der Waals surface area contributed by atoms with Crippen LogP contribution in [0, 0.1) is 12.8 Å². The van der Waals surface area contributed by atoms with Gasteiger partial charge in [-0.05, 0) is 55.8 Å². The van der Waals surface area contributed by atoms with Crippen molar-refractivity contribution in [3.05, 3.63) is 58.6 Å². The number of benzene rings is 2. The van der Waals surface area contributed by atoms with Crippen LogP contribution >= 0.6 is 11.3 Å². The SMILES string of the molecule is CCOc1ccc(C(=O)C2C(=O)C(=O)N(c3nnc(C)s3)C2c2ccc(OC)c(OC)c2)cc1. The molecule has 0 spiro atoms. The van der Waals surface area contributed by atoms with Crippen molar-refractivity contribution in [1.29, 1.82) is 0 Å². The summed E-state index contributed by atoms with van der Waals surface area (Å²) in [6.45, 7) is 4.09. The molecule has 176 valence electrons. The van der Waals surface area contributed by atoms with E-state index in [9.17, 15) is 14.4 Å². The molecule has 0 aliphatic carbocycles. The maximum Gasteiger partial charge on any atom is 0.297 e. The first kappa shape index (κ1) is 23.4. The fraction of sp³-hybridized carbons (Fsp3) is 0.292. The standard InChI is InChI=1S/C24H23N3O6S/c1-5-33-16-9-6-14(7-10-16)21(28)19-20(15-8-11-17(31-3)18(12-15)32-4)27(23(30)22(19)29)24-26-25-13(2)34-24/h6-12,19-20H,5H2,1-4H3. The van der Waals surface area contributed by atoms with Crippen LogP contribution in [0.1, 0.15) is 33.9 Å². The Hall–Kier alpha value is -3.79. The summed E-state index contributed by atoms with van der Waals surface area (Å²) >= 11 is 1.17. The topological polar surface area (TPSA) is 108 Å². The summed E-state index contributed by atoms with van der Waals surface area (Å²) in [4.78, 5) is 41.2. The highest BCUT2D eigenvalue weighted by molar-refractivity contribution is 7.15. The minimum Gasteiger partial charge on any atom is -0.494 e. The molecule has 1 saturated heterocycles. The highest BCUT2D eigenvalue weighted by Crippen LogP contribution is 2.44. The number of Topliss-reactive ketones (excluding diaryl/α,β-unsaturated/α-hetero) is 2. The van der Waals surface area contributed by atoms with Crippen LogP contribution in [0.2, 0.25) is 0 Å². The molecule has 1 aliphatic heterocycles. The Morgan fingerprint density at radius 1 is 1.03 bits per heavy atom. The summed E-state index contributed by atoms with van der Waals surface area (Å²) < 4.78 is 16.2. The van der Waals surface area contributed by atoms with Gasteiger partial charge in [-0.15, -0.1) is 10.2 Å². The van der Waals surface area contributed by atoms with E-state index in [-0.39, 0.29) is 5.13 Å². The lowest BCUT2D eigenvalue weighted by Crippen LogP contribution is -2.30. The third-order valence-corrected chi connectivity index (χ3v) is 6.35. The van der Waals surface area contributed by atoms with Crippen LogP contribution in [0.25, 0.3) is 0 Å². The van der Waals surface area contributed by atoms with Crippen molar-refractivity contribution < 1.29 is 28.6 Å². The number of ketones is 2. The van der Waals surface area contributed by atoms with Crippen LogP contribution in [0.15, 0.2) is 42.5 Å². The summed E-state index contributed by atoms with van der Waals surface area (Å²) in [6, 6.07) is 10.6. The second-order valence-corrected chi connectivity index (χ2v) is 8.66. The van der Waals surface area contributed by atoms with Gasteiger partial charge < -0.3 is 14.2 Å². The maximum atomic E-state index is 13.6. The molecule has 10 heteroatoms. The number of aromatic nitrogens is 2. The number of hydrogen-bond donors (Lipinski definition) is 0. The average molecular weight is 482 g/mol. The van der Waals surface area contributed by atoms with Gasteiger partial charge in [0.05, 0.1) is 26.9 Å². The smallest absolute Gasteiger partial charge is 0.297 e. The lowest BCUT2D eigenvalue weighted by Gasteiger charge is -2.25. The molecule has 0 radical (unpaired) electrons. The zero-order chi connectivity index (χ0) is 24.4. The number of nitrogens with zero attached hydrogens (tertiary/aromatic N) is 3. The Kier molecular flexibility index (Phi) is 6.60. The van der Waals surface area contributed by atoms with Crippen LogP contribution in [-0.4, -0.2) is 48.5 Å². The summed E-state index contributed by atoms with van der Waals surface area (Å²) in [5.41, 5.74) is 0.837. The van der Waals surface area contributed by atoms with E-state index in [1.54, 1.807) is 49.4 Å². The van der Waals surface area contributed by atoms with E-state index in [1.807, 2.05) is 6.92 Å². The van der Waals surface area contributed by atoms with Crippen molar-refractivity contribution in [3.8, 4) is 17.2 Å². The molecule has 1 aliphatic rings. The fourth-order valence-corrected chi connectivity index (χ4v) is 4.68. The van der Waals surface area contributed by atoms with E-state index in [4.69, 9.17) is 14.2 Å². The van der Waals surface area contributed by atoms with E-state index < -0.39 is 29.4 Å². The molecule has 2 aromatic carbocycles. The first-order valence-corrected chi connectivity index (χ1v) is 11.4. The van der Waals surface area contributed by atoms with E-state index in [0.29, 0.717) is 40.0 Å². The molecular formula is C24H23N3O6S. The molecule has 1 fully saturated rings. The lowest BCUT2D eigenvalue weighted by molar-refractivity contribution is -0.135. The van der Waals surface area contributed by atoms with Crippen molar-refractivity contribution in [1.82, 2.24) is 10.2 Å². The summed E-state index contributed by atoms with van der Waals surface area (Å²) in [6.07, 6.45) is 0. The summed E-state index contributed by atoms with van der Waals surface area (Å²) in [7, 11) is 3.00. The average Bonchev–Trinajstić information content (AvgIpc) is 3.39. The van der Waals surface area contributed by atoms with Gasteiger partial charge in [0.1, 0.15) is 16.7 Å². The molecule has 1 aromatic heterocycles. The zero-order valence-electron chi connectivity index (χ0n) is 19.1. The van der Waals surface area contributed by atoms with Gasteiger partial charge in [0.25, 0.3) is 5.91 Å². The van der Waals surface area contributed by atoms with E-state index in [0.717, 1.165) is 0 Å². The highest BCUT2D eigenvalue weighted by atomic mass is 32.1. The number of aryl methyl sites for hydroxylation is 1. The van der Waals surface area contributed by atoms with Gasteiger partial charge in [0.15, 0.2) is 17.3 Å². The first-order chi connectivity index (χ1) is 16.4. The van der Waals surface area contributed by atoms with Gasteiger partial charge in [0, 0.05) is 5.56 Å². The molecule has 2 atom stereocenters. The van der Waals surface area contributed by atoms with Crippen LogP contribution in [-0.2, 0) is 9.59 Å². The Morgan fingerprint density at radius 2 is 1.74 bits per heavy atom. The predicted octanol–water partition coefficient (Wildman–Crippen LogP) is 3.42. The third kappa shape index (κ3) is 4.12. The Labute approximate surface area is 200 Å². The van der Waals surface area contributed by atoms with Gasteiger partial charge in [-0.25, -0.2) is 0 Å². The molecule has 0 saturated carbocycles. The number of anilines is 1. The fourth-order valence-electron chi connectivity index (χ4n) is 3.96. The quantitative estimate of drug-likeness (QED) is 0.274. The first-order valence-electron chi connectivity index (χ1n) is 10.6. The predicted molar refractivity (Wildman–Crippen MR) is 125 cm³/mol. The third-order valence-electron chi connectivity index (χ3n) is 5.51. The van der Waals surface area contributed by atoms with Crippen LogP contribution < -0.4 is 19.1 Å². The molecule has 3 aromatic rings. The molecule has 1 amide bonds. The van der Waals surface area contributed by atoms with Crippen molar-refractivity contribution in [2.75, 3.05) is 25.7 Å². The molecule has 34 heavy (non-hydrogen) atoms. The normalized spacial score (nSPS) is 17.7. The number of methoxy groups -OCH3 is 2. The second kappa shape index (κ2) is 9.60. The van der Waals surface area contributed by atoms with Crippen LogP contribution in [0.5, 0.6) is 17.2 Å². The van der Waals surface area contributed by atoms with E-state index in [2.05, 4.69) is 10.2 Å². The second-order valence-electron chi connectivity index (χ2n) is 7.50. The van der Waals surface area contributed by atoms with Crippen molar-refractivity contribution in [2.45, 2.75) is 19.9 Å². The highest BCUT2D eigenvalue weighted by Gasteiger charge is 2.53. The molecule has 0 bridgehead atoms. The van der Waals surface area contributed by atoms with Gasteiger partial charge in [0.2, 0.25) is 10.9 Å². The molecule has 0 N–H and O–H groups in total. The number of rotatable bonds is 8. The van der Waals surface area contributed by atoms with Gasteiger partial charge in [-0.2, -0.15) is 0 Å². The van der Waals surface area contributed by atoms with Gasteiger partial charge in [-0.1, -0.05) is 17.4 Å². The molecule has 9 nitrogen and oxygen atoms in total. The van der Waals surface area contributed by atoms with Crippen LogP contribution in [0.3, 0.4) is 0 Å². The van der Waals surface area contributed by atoms with Crippen molar-refractivity contribution in [2.24, 2.45) is 5.92 Å². The molecule has 4 rings (SSSR count). The summed E-state index contributed by atoms with van der Waals surface area (Å²) in [5.74, 6) is -1.85. The van der Waals surface area contributed by atoms with Gasteiger partial charge >= 0.3 is 0 Å². The Morgan fingerprint density at radius 3 is 2.32 bits per heavy atom. The lowest BCUT2D eigenvalue weighted by atomic mass is 9.86. The summed E-state index contributed by atoms with van der Waals surface area (Å²) in [5, 5.41) is 8.93. The number of carbonyl (C=O) groups is 3.